The summed E-state index contributed by atoms with van der Waals surface area (Å²) in [6, 6.07) is 0. The fourth-order valence-electron chi connectivity index (χ4n) is 1.43. The van der Waals surface area contributed by atoms with Gasteiger partial charge in [0.1, 0.15) is 5.60 Å². The minimum atomic E-state index is -0.488. The normalized spacial score (nSPS) is 14.7. The second-order valence-corrected chi connectivity index (χ2v) is 5.63. The van der Waals surface area contributed by atoms with Gasteiger partial charge in [-0.2, -0.15) is 16.9 Å². The largest absolute Gasteiger partial charge is 0.444 e. The molecule has 0 spiro atoms. The minimum Gasteiger partial charge on any atom is -0.444 e. The van der Waals surface area contributed by atoms with Crippen LogP contribution < -0.4 is 5.32 Å². The number of aromatic nitrogens is 2. The topological polar surface area (TPSA) is 67.0 Å². The molecule has 2 rings (SSSR count). The van der Waals surface area contributed by atoms with Crippen molar-refractivity contribution >= 4 is 23.7 Å². The Bertz CT molecular complexity index is 409. The van der Waals surface area contributed by atoms with Crippen LogP contribution in [0.4, 0.5) is 10.6 Å². The van der Waals surface area contributed by atoms with Crippen molar-refractivity contribution in [1.82, 2.24) is 10.2 Å². The Hall–Kier alpha value is -1.17. The number of nitrogens with zero attached hydrogens (tertiary/aromatic N) is 1. The predicted octanol–water partition coefficient (Wildman–Crippen LogP) is 2.50. The first kappa shape index (κ1) is 11.3. The molecule has 0 bridgehead atoms. The molecule has 6 heteroatoms. The van der Waals surface area contributed by atoms with Crippen LogP contribution in [0.3, 0.4) is 0 Å². The van der Waals surface area contributed by atoms with Crippen LogP contribution >= 0.6 is 11.8 Å². The van der Waals surface area contributed by atoms with Crippen molar-refractivity contribution < 1.29 is 9.53 Å². The highest BCUT2D eigenvalue weighted by molar-refractivity contribution is 7.98. The van der Waals surface area contributed by atoms with E-state index in [4.69, 9.17) is 4.74 Å². The van der Waals surface area contributed by atoms with Gasteiger partial charge < -0.3 is 4.74 Å². The zero-order valence-electron chi connectivity index (χ0n) is 9.59. The van der Waals surface area contributed by atoms with Gasteiger partial charge in [-0.25, -0.2) is 4.79 Å². The number of carbonyl (C=O) groups excluding carboxylic acids is 1. The van der Waals surface area contributed by atoms with E-state index in [1.807, 2.05) is 20.8 Å². The number of aromatic amines is 1. The quantitative estimate of drug-likeness (QED) is 0.792. The van der Waals surface area contributed by atoms with Crippen LogP contribution in [-0.2, 0) is 16.2 Å². The van der Waals surface area contributed by atoms with Crippen LogP contribution in [0, 0.1) is 0 Å². The first-order valence-corrected chi connectivity index (χ1v) is 6.25. The van der Waals surface area contributed by atoms with Crippen LogP contribution in [0.15, 0.2) is 0 Å². The molecule has 0 fully saturated rings. The van der Waals surface area contributed by atoms with Gasteiger partial charge in [-0.15, -0.1) is 0 Å². The zero-order valence-corrected chi connectivity index (χ0v) is 10.4. The molecular formula is C10H15N3O2S. The van der Waals surface area contributed by atoms with Crippen molar-refractivity contribution in [3.8, 4) is 0 Å². The van der Waals surface area contributed by atoms with Crippen molar-refractivity contribution in [3.63, 3.8) is 0 Å². The van der Waals surface area contributed by atoms with E-state index in [-0.39, 0.29) is 0 Å². The van der Waals surface area contributed by atoms with E-state index in [0.717, 1.165) is 22.8 Å². The lowest BCUT2D eigenvalue weighted by molar-refractivity contribution is 0.0635. The second-order valence-electron chi connectivity index (χ2n) is 4.65. The Labute approximate surface area is 98.3 Å². The van der Waals surface area contributed by atoms with Crippen molar-refractivity contribution in [1.29, 1.82) is 0 Å². The first-order chi connectivity index (χ1) is 7.46. The van der Waals surface area contributed by atoms with E-state index in [9.17, 15) is 4.79 Å². The van der Waals surface area contributed by atoms with Gasteiger partial charge in [0.25, 0.3) is 0 Å². The molecule has 1 aromatic rings. The van der Waals surface area contributed by atoms with Crippen molar-refractivity contribution in [2.45, 2.75) is 37.9 Å². The van der Waals surface area contributed by atoms with Gasteiger partial charge in [-0.1, -0.05) is 0 Å². The van der Waals surface area contributed by atoms with E-state index in [1.165, 1.54) is 0 Å². The lowest BCUT2D eigenvalue weighted by atomic mass is 10.2. The van der Waals surface area contributed by atoms with Crippen molar-refractivity contribution in [2.24, 2.45) is 0 Å². The van der Waals surface area contributed by atoms with E-state index in [2.05, 4.69) is 15.5 Å². The molecule has 0 unspecified atom stereocenters. The third-order valence-electron chi connectivity index (χ3n) is 2.06. The molecule has 1 amide bonds. The fraction of sp³-hybridized carbons (Fsp3) is 0.600. The molecule has 1 aliphatic rings. The Morgan fingerprint density at radius 3 is 2.94 bits per heavy atom. The summed E-state index contributed by atoms with van der Waals surface area (Å²) in [5.74, 6) is 2.41. The number of rotatable bonds is 1. The summed E-state index contributed by atoms with van der Waals surface area (Å²) in [7, 11) is 0. The molecule has 2 N–H and O–H groups in total. The SMILES string of the molecule is CC(C)(C)OC(=O)Nc1n[nH]c2c1CSC2. The van der Waals surface area contributed by atoms with Crippen LogP contribution in [-0.4, -0.2) is 21.9 Å². The molecular weight excluding hydrogens is 226 g/mol. The summed E-state index contributed by atoms with van der Waals surface area (Å²) in [4.78, 5) is 11.5. The summed E-state index contributed by atoms with van der Waals surface area (Å²) in [6.07, 6.45) is -0.460. The van der Waals surface area contributed by atoms with Gasteiger partial charge in [0, 0.05) is 17.1 Å². The van der Waals surface area contributed by atoms with Crippen LogP contribution in [0.25, 0.3) is 0 Å². The Kier molecular flexibility index (Phi) is 2.84. The lowest BCUT2D eigenvalue weighted by Crippen LogP contribution is -2.27. The number of anilines is 1. The number of hydrogen-bond acceptors (Lipinski definition) is 4. The van der Waals surface area contributed by atoms with Gasteiger partial charge in [-0.05, 0) is 20.8 Å². The molecule has 0 aromatic carbocycles. The Balaban J connectivity index is 2.02. The number of fused-ring (bicyclic) bond motifs is 1. The molecule has 16 heavy (non-hydrogen) atoms. The smallest absolute Gasteiger partial charge is 0.413 e. The lowest BCUT2D eigenvalue weighted by Gasteiger charge is -2.19. The molecule has 0 aliphatic carbocycles. The fourth-order valence-corrected chi connectivity index (χ4v) is 2.50. The van der Waals surface area contributed by atoms with Crippen molar-refractivity contribution in [3.05, 3.63) is 11.3 Å². The maximum Gasteiger partial charge on any atom is 0.413 e. The zero-order chi connectivity index (χ0) is 11.8. The third-order valence-corrected chi connectivity index (χ3v) is 3.05. The van der Waals surface area contributed by atoms with Gasteiger partial charge in [0.15, 0.2) is 5.82 Å². The molecule has 1 aromatic heterocycles. The first-order valence-electron chi connectivity index (χ1n) is 5.09. The van der Waals surface area contributed by atoms with Crippen LogP contribution in [0.1, 0.15) is 32.0 Å². The van der Waals surface area contributed by atoms with E-state index >= 15 is 0 Å². The van der Waals surface area contributed by atoms with Crippen molar-refractivity contribution in [2.75, 3.05) is 5.32 Å². The number of hydrogen-bond donors (Lipinski definition) is 2. The number of thioether (sulfide) groups is 1. The molecule has 0 saturated carbocycles. The highest BCUT2D eigenvalue weighted by atomic mass is 32.2. The second kappa shape index (κ2) is 4.01. The Morgan fingerprint density at radius 2 is 2.25 bits per heavy atom. The number of H-pyrrole nitrogens is 1. The van der Waals surface area contributed by atoms with Gasteiger partial charge in [-0.3, -0.25) is 10.4 Å². The summed E-state index contributed by atoms with van der Waals surface area (Å²) >= 11 is 1.80. The maximum atomic E-state index is 11.5. The molecule has 2 heterocycles. The number of ether oxygens (including phenoxy) is 1. The van der Waals surface area contributed by atoms with Gasteiger partial charge in [0.05, 0.1) is 5.69 Å². The monoisotopic (exact) mass is 241 g/mol. The van der Waals surface area contributed by atoms with Crippen LogP contribution in [0.2, 0.25) is 0 Å². The molecule has 0 radical (unpaired) electrons. The van der Waals surface area contributed by atoms with E-state index in [0.29, 0.717) is 5.82 Å². The average Bonchev–Trinajstić information content (AvgIpc) is 2.66. The summed E-state index contributed by atoms with van der Waals surface area (Å²) < 4.78 is 5.16. The summed E-state index contributed by atoms with van der Waals surface area (Å²) in [5.41, 5.74) is 1.69. The van der Waals surface area contributed by atoms with E-state index < -0.39 is 11.7 Å². The summed E-state index contributed by atoms with van der Waals surface area (Å²) in [6.45, 7) is 5.49. The minimum absolute atomic E-state index is 0.460. The third kappa shape index (κ3) is 2.49. The highest BCUT2D eigenvalue weighted by Crippen LogP contribution is 2.32. The highest BCUT2D eigenvalue weighted by Gasteiger charge is 2.22. The molecule has 0 atom stereocenters. The van der Waals surface area contributed by atoms with Gasteiger partial charge >= 0.3 is 6.09 Å². The van der Waals surface area contributed by atoms with Gasteiger partial charge in [0.2, 0.25) is 0 Å². The Morgan fingerprint density at radius 1 is 1.50 bits per heavy atom. The molecule has 88 valence electrons. The molecule has 1 aliphatic heterocycles. The average molecular weight is 241 g/mol. The summed E-state index contributed by atoms with van der Waals surface area (Å²) in [5, 5.41) is 9.63. The standard InChI is InChI=1S/C10H15N3O2S/c1-10(2,3)15-9(14)11-8-6-4-16-5-7(6)12-13-8/h4-5H2,1-3H3,(H2,11,12,13,14). The molecule has 5 nitrogen and oxygen atoms in total. The number of amides is 1. The number of nitrogens with one attached hydrogen (secondary N) is 2. The van der Waals surface area contributed by atoms with E-state index in [1.54, 1.807) is 11.8 Å². The number of carbonyl (C=O) groups is 1. The van der Waals surface area contributed by atoms with Crippen LogP contribution in [0.5, 0.6) is 0 Å². The molecule has 0 saturated heterocycles. The predicted molar refractivity (Wildman–Crippen MR) is 63.4 cm³/mol. The maximum absolute atomic E-state index is 11.5.